The maximum atomic E-state index is 13.0. The number of carbonyl (C=O) groups excluding carboxylic acids is 1. The van der Waals surface area contributed by atoms with Gasteiger partial charge in [0.25, 0.3) is 5.91 Å². The Morgan fingerprint density at radius 1 is 1.04 bits per heavy atom. The molecule has 2 heterocycles. The highest BCUT2D eigenvalue weighted by Crippen LogP contribution is 2.24. The predicted octanol–water partition coefficient (Wildman–Crippen LogP) is 3.71. The minimum Gasteiger partial charge on any atom is -0.355 e. The predicted molar refractivity (Wildman–Crippen MR) is 101 cm³/mol. The van der Waals surface area contributed by atoms with Crippen LogP contribution >= 0.6 is 0 Å². The Bertz CT molecular complexity index is 995. The first-order valence-electron chi connectivity index (χ1n) is 8.64. The zero-order valence-corrected chi connectivity index (χ0v) is 14.5. The van der Waals surface area contributed by atoms with Gasteiger partial charge in [0, 0.05) is 18.0 Å². The Labute approximate surface area is 156 Å². The summed E-state index contributed by atoms with van der Waals surface area (Å²) in [5, 5.41) is 11.2. The molecule has 4 aromatic rings. The Morgan fingerprint density at radius 3 is 2.48 bits per heavy atom. The summed E-state index contributed by atoms with van der Waals surface area (Å²) in [7, 11) is 0. The lowest BCUT2D eigenvalue weighted by molar-refractivity contribution is 0.0932. The van der Waals surface area contributed by atoms with Crippen LogP contribution in [0.2, 0.25) is 0 Å². The van der Waals surface area contributed by atoms with Crippen molar-refractivity contribution in [1.29, 1.82) is 0 Å². The van der Waals surface area contributed by atoms with Crippen LogP contribution in [0.25, 0.3) is 11.3 Å². The zero-order chi connectivity index (χ0) is 18.5. The van der Waals surface area contributed by atoms with Crippen molar-refractivity contribution in [3.8, 4) is 11.3 Å². The molecule has 6 nitrogen and oxygen atoms in total. The van der Waals surface area contributed by atoms with Crippen molar-refractivity contribution in [2.45, 2.75) is 12.6 Å². The first kappa shape index (κ1) is 16.8. The second-order valence-electron chi connectivity index (χ2n) is 6.10. The van der Waals surface area contributed by atoms with Crippen molar-refractivity contribution in [2.75, 3.05) is 0 Å². The molecular weight excluding hydrogens is 340 g/mol. The molecule has 2 aromatic carbocycles. The van der Waals surface area contributed by atoms with Crippen LogP contribution in [0.3, 0.4) is 0 Å². The molecule has 1 unspecified atom stereocenters. The van der Waals surface area contributed by atoms with E-state index in [1.807, 2.05) is 72.9 Å². The minimum atomic E-state index is -0.240. The number of hydrogen-bond donors (Lipinski definition) is 1. The van der Waals surface area contributed by atoms with Crippen molar-refractivity contribution < 1.29 is 9.32 Å². The first-order chi connectivity index (χ1) is 13.3. The Morgan fingerprint density at radius 2 is 1.78 bits per heavy atom. The van der Waals surface area contributed by atoms with Gasteiger partial charge in [-0.2, -0.15) is 5.10 Å². The molecule has 0 bridgehead atoms. The van der Waals surface area contributed by atoms with Gasteiger partial charge in [-0.05, 0) is 11.6 Å². The van der Waals surface area contributed by atoms with E-state index in [-0.39, 0.29) is 11.9 Å². The van der Waals surface area contributed by atoms with Crippen molar-refractivity contribution in [2.24, 2.45) is 0 Å². The van der Waals surface area contributed by atoms with E-state index in [2.05, 4.69) is 15.6 Å². The molecule has 0 radical (unpaired) electrons. The lowest BCUT2D eigenvalue weighted by atomic mass is 10.1. The number of carbonyl (C=O) groups is 1. The average molecular weight is 358 g/mol. The molecule has 1 N–H and O–H groups in total. The van der Waals surface area contributed by atoms with Crippen molar-refractivity contribution in [3.05, 3.63) is 96.4 Å². The maximum absolute atomic E-state index is 13.0. The molecule has 1 atom stereocenters. The zero-order valence-electron chi connectivity index (χ0n) is 14.5. The van der Waals surface area contributed by atoms with Crippen molar-refractivity contribution in [3.63, 3.8) is 0 Å². The largest absolute Gasteiger partial charge is 0.355 e. The van der Waals surface area contributed by atoms with Gasteiger partial charge < -0.3 is 9.84 Å². The van der Waals surface area contributed by atoms with E-state index in [4.69, 9.17) is 4.52 Å². The fraction of sp³-hybridized carbons (Fsp3) is 0.0952. The highest BCUT2D eigenvalue weighted by molar-refractivity contribution is 5.99. The molecule has 0 saturated heterocycles. The van der Waals surface area contributed by atoms with Gasteiger partial charge in [-0.25, -0.2) is 0 Å². The summed E-state index contributed by atoms with van der Waals surface area (Å²) in [6, 6.07) is 20.9. The molecule has 0 aliphatic carbocycles. The van der Waals surface area contributed by atoms with E-state index in [1.54, 1.807) is 10.9 Å². The highest BCUT2D eigenvalue weighted by Gasteiger charge is 2.22. The molecule has 0 spiro atoms. The molecule has 2 aromatic heterocycles. The van der Waals surface area contributed by atoms with Crippen LogP contribution in [0.1, 0.15) is 22.0 Å². The quantitative estimate of drug-likeness (QED) is 0.570. The van der Waals surface area contributed by atoms with Crippen LogP contribution in [0.15, 0.2) is 89.8 Å². The number of benzene rings is 2. The monoisotopic (exact) mass is 358 g/mol. The summed E-state index contributed by atoms with van der Waals surface area (Å²) in [4.78, 5) is 13.0. The van der Waals surface area contributed by atoms with Crippen LogP contribution in [0, 0.1) is 0 Å². The van der Waals surface area contributed by atoms with Gasteiger partial charge in [-0.3, -0.25) is 9.48 Å². The molecule has 134 valence electrons. The molecular formula is C21H18N4O2. The summed E-state index contributed by atoms with van der Waals surface area (Å²) < 4.78 is 7.13. The van der Waals surface area contributed by atoms with Crippen LogP contribution in [-0.2, 0) is 6.54 Å². The smallest absolute Gasteiger partial charge is 0.257 e. The topological polar surface area (TPSA) is 73.0 Å². The van der Waals surface area contributed by atoms with Crippen molar-refractivity contribution >= 4 is 5.91 Å². The summed E-state index contributed by atoms with van der Waals surface area (Å²) in [6.07, 6.45) is 5.04. The maximum Gasteiger partial charge on any atom is 0.257 e. The van der Waals surface area contributed by atoms with E-state index in [0.29, 0.717) is 17.9 Å². The summed E-state index contributed by atoms with van der Waals surface area (Å²) >= 11 is 0. The van der Waals surface area contributed by atoms with Gasteiger partial charge in [0.1, 0.15) is 5.56 Å². The van der Waals surface area contributed by atoms with Crippen LogP contribution < -0.4 is 5.32 Å². The number of rotatable bonds is 6. The Kier molecular flexibility index (Phi) is 4.78. The lowest BCUT2D eigenvalue weighted by Gasteiger charge is -2.19. The number of amides is 1. The van der Waals surface area contributed by atoms with Crippen molar-refractivity contribution in [1.82, 2.24) is 20.3 Å². The molecule has 0 aliphatic rings. The van der Waals surface area contributed by atoms with E-state index in [9.17, 15) is 4.79 Å². The normalized spacial score (nSPS) is 11.9. The summed E-state index contributed by atoms with van der Waals surface area (Å²) in [5.41, 5.74) is 2.21. The average Bonchev–Trinajstić information content (AvgIpc) is 3.41. The van der Waals surface area contributed by atoms with E-state index < -0.39 is 0 Å². The van der Waals surface area contributed by atoms with Gasteiger partial charge in [-0.1, -0.05) is 65.8 Å². The van der Waals surface area contributed by atoms with E-state index in [1.165, 1.54) is 6.20 Å². The van der Waals surface area contributed by atoms with Crippen LogP contribution in [-0.4, -0.2) is 20.8 Å². The fourth-order valence-corrected chi connectivity index (χ4v) is 2.95. The molecule has 6 heteroatoms. The molecule has 27 heavy (non-hydrogen) atoms. The van der Waals surface area contributed by atoms with Gasteiger partial charge in [-0.15, -0.1) is 0 Å². The number of nitrogens with one attached hydrogen (secondary N) is 1. The standard InChI is InChI=1S/C21H18N4O2/c26-21(18-14-23-27-20(18)17-10-5-2-6-11-17)24-19(15-25-13-7-12-22-25)16-8-3-1-4-9-16/h1-14,19H,15H2,(H,24,26). The number of hydrogen-bond acceptors (Lipinski definition) is 4. The fourth-order valence-electron chi connectivity index (χ4n) is 2.95. The second-order valence-corrected chi connectivity index (χ2v) is 6.10. The van der Waals surface area contributed by atoms with Gasteiger partial charge in [0.2, 0.25) is 0 Å². The van der Waals surface area contributed by atoms with Crippen LogP contribution in [0.5, 0.6) is 0 Å². The lowest BCUT2D eigenvalue weighted by Crippen LogP contribution is -2.31. The summed E-state index contributed by atoms with van der Waals surface area (Å²) in [5.74, 6) is 0.218. The Balaban J connectivity index is 1.60. The SMILES string of the molecule is O=C(NC(Cn1cccn1)c1ccccc1)c1cnoc1-c1ccccc1. The molecule has 1 amide bonds. The number of aromatic nitrogens is 3. The molecule has 0 fully saturated rings. The van der Waals surface area contributed by atoms with E-state index >= 15 is 0 Å². The first-order valence-corrected chi connectivity index (χ1v) is 8.64. The molecule has 0 aliphatic heterocycles. The molecule has 4 rings (SSSR count). The third kappa shape index (κ3) is 3.79. The third-order valence-corrected chi connectivity index (χ3v) is 4.29. The second kappa shape index (κ2) is 7.70. The Hall–Kier alpha value is -3.67. The minimum absolute atomic E-state index is 0.239. The van der Waals surface area contributed by atoms with Gasteiger partial charge in [0.05, 0.1) is 18.8 Å². The van der Waals surface area contributed by atoms with Gasteiger partial charge in [0.15, 0.2) is 5.76 Å². The summed E-state index contributed by atoms with van der Waals surface area (Å²) in [6.45, 7) is 0.523. The van der Waals surface area contributed by atoms with Crippen LogP contribution in [0.4, 0.5) is 0 Å². The van der Waals surface area contributed by atoms with Gasteiger partial charge >= 0.3 is 0 Å². The highest BCUT2D eigenvalue weighted by atomic mass is 16.5. The van der Waals surface area contributed by atoms with E-state index in [0.717, 1.165) is 11.1 Å². The third-order valence-electron chi connectivity index (χ3n) is 4.29. The molecule has 0 saturated carbocycles. The number of nitrogens with zero attached hydrogens (tertiary/aromatic N) is 3.